The number of fused-ring (bicyclic) bond motifs is 2. The average molecular weight is 336 g/mol. The van der Waals surface area contributed by atoms with Gasteiger partial charge in [0.05, 0.1) is 11.5 Å². The lowest BCUT2D eigenvalue weighted by Crippen LogP contribution is -2.45. The Morgan fingerprint density at radius 1 is 1.30 bits per heavy atom. The Morgan fingerprint density at radius 3 is 2.61 bits per heavy atom. The van der Waals surface area contributed by atoms with Gasteiger partial charge < -0.3 is 5.21 Å². The summed E-state index contributed by atoms with van der Waals surface area (Å²) in [5.74, 6) is 0.396. The molecule has 2 unspecified atom stereocenters. The third-order valence-electron chi connectivity index (χ3n) is 6.06. The minimum absolute atomic E-state index is 0.00424. The van der Waals surface area contributed by atoms with Gasteiger partial charge in [-0.15, -0.1) is 0 Å². The number of sulfonamides is 1. The molecule has 126 valence electrons. The third-order valence-corrected chi connectivity index (χ3v) is 7.52. The van der Waals surface area contributed by atoms with E-state index in [9.17, 15) is 13.6 Å². The molecule has 2 fully saturated rings. The molecule has 6 heteroatoms. The molecule has 23 heavy (non-hydrogen) atoms. The van der Waals surface area contributed by atoms with Crippen LogP contribution >= 0.6 is 0 Å². The summed E-state index contributed by atoms with van der Waals surface area (Å²) in [7, 11) is -3.46. The van der Waals surface area contributed by atoms with Gasteiger partial charge in [-0.05, 0) is 36.2 Å². The van der Waals surface area contributed by atoms with E-state index in [-0.39, 0.29) is 17.7 Å². The lowest BCUT2D eigenvalue weighted by Gasteiger charge is -2.37. The van der Waals surface area contributed by atoms with E-state index < -0.39 is 15.4 Å². The molecule has 2 saturated carbocycles. The molecule has 2 bridgehead atoms. The summed E-state index contributed by atoms with van der Waals surface area (Å²) in [6.45, 7) is 4.50. The largest absolute Gasteiger partial charge is 0.411 e. The minimum atomic E-state index is -3.46. The Bertz CT molecular complexity index is 713. The molecule has 1 aromatic rings. The Kier molecular flexibility index (Phi) is 4.01. The molecule has 0 radical (unpaired) electrons. The van der Waals surface area contributed by atoms with E-state index in [0.717, 1.165) is 18.4 Å². The van der Waals surface area contributed by atoms with Crippen LogP contribution in [0.3, 0.4) is 0 Å². The lowest BCUT2D eigenvalue weighted by molar-refractivity contribution is 0.192. The highest BCUT2D eigenvalue weighted by molar-refractivity contribution is 7.89. The third kappa shape index (κ3) is 2.68. The first-order valence-corrected chi connectivity index (χ1v) is 9.69. The fraction of sp³-hybridized carbons (Fsp3) is 0.588. The smallest absolute Gasteiger partial charge is 0.212 e. The molecule has 2 aliphatic carbocycles. The van der Waals surface area contributed by atoms with E-state index in [1.165, 1.54) is 0 Å². The number of nitrogens with one attached hydrogen (secondary N) is 1. The van der Waals surface area contributed by atoms with Crippen LogP contribution in [0.5, 0.6) is 0 Å². The van der Waals surface area contributed by atoms with Crippen molar-refractivity contribution in [3.8, 4) is 0 Å². The second-order valence-corrected chi connectivity index (χ2v) is 9.16. The highest BCUT2D eigenvalue weighted by atomic mass is 32.2. The van der Waals surface area contributed by atoms with Crippen molar-refractivity contribution in [1.82, 2.24) is 4.72 Å². The van der Waals surface area contributed by atoms with E-state index in [2.05, 4.69) is 23.7 Å². The van der Waals surface area contributed by atoms with Gasteiger partial charge in [0.1, 0.15) is 0 Å². The number of nitrogens with zero attached hydrogens (tertiary/aromatic N) is 1. The standard InChI is InChI=1S/C17H24N2O3S/c1-16(2)14-8-9-17(16,15(10-14)19-20)12-23(21,22)18-11-13-6-4-3-5-7-13/h3-7,14,18,20H,8-12H2,1-2H3/b19-15+. The van der Waals surface area contributed by atoms with Crippen molar-refractivity contribution in [1.29, 1.82) is 0 Å². The van der Waals surface area contributed by atoms with Gasteiger partial charge >= 0.3 is 0 Å². The van der Waals surface area contributed by atoms with Crippen molar-refractivity contribution in [2.45, 2.75) is 39.7 Å². The van der Waals surface area contributed by atoms with Crippen molar-refractivity contribution in [2.75, 3.05) is 5.75 Å². The number of benzene rings is 1. The topological polar surface area (TPSA) is 78.8 Å². The fourth-order valence-electron chi connectivity index (χ4n) is 4.44. The molecular formula is C17H24N2O3S. The van der Waals surface area contributed by atoms with E-state index in [0.29, 0.717) is 18.1 Å². The predicted octanol–water partition coefficient (Wildman–Crippen LogP) is 2.76. The molecule has 0 aliphatic heterocycles. The Morgan fingerprint density at radius 2 is 2.00 bits per heavy atom. The maximum Gasteiger partial charge on any atom is 0.212 e. The van der Waals surface area contributed by atoms with Crippen LogP contribution < -0.4 is 4.72 Å². The van der Waals surface area contributed by atoms with E-state index in [1.54, 1.807) is 0 Å². The first kappa shape index (κ1) is 16.5. The van der Waals surface area contributed by atoms with Gasteiger partial charge in [0, 0.05) is 12.0 Å². The van der Waals surface area contributed by atoms with E-state index in [4.69, 9.17) is 0 Å². The fourth-order valence-corrected chi connectivity index (χ4v) is 6.26. The van der Waals surface area contributed by atoms with Crippen LogP contribution in [-0.2, 0) is 16.6 Å². The number of hydrogen-bond donors (Lipinski definition) is 2. The molecule has 0 saturated heterocycles. The molecule has 2 N–H and O–H groups in total. The monoisotopic (exact) mass is 336 g/mol. The summed E-state index contributed by atoms with van der Waals surface area (Å²) in [5.41, 5.74) is 0.883. The van der Waals surface area contributed by atoms with Gasteiger partial charge in [0.15, 0.2) is 0 Å². The normalized spacial score (nSPS) is 30.9. The maximum absolute atomic E-state index is 12.6. The van der Waals surface area contributed by atoms with E-state index >= 15 is 0 Å². The van der Waals surface area contributed by atoms with Gasteiger partial charge in [-0.1, -0.05) is 49.3 Å². The zero-order valence-corrected chi connectivity index (χ0v) is 14.4. The van der Waals surface area contributed by atoms with E-state index in [1.807, 2.05) is 30.3 Å². The minimum Gasteiger partial charge on any atom is -0.411 e. The summed E-state index contributed by atoms with van der Waals surface area (Å²) in [4.78, 5) is 0. The van der Waals surface area contributed by atoms with Gasteiger partial charge in [-0.3, -0.25) is 0 Å². The van der Waals surface area contributed by atoms with Crippen LogP contribution in [0.2, 0.25) is 0 Å². The Balaban J connectivity index is 1.79. The van der Waals surface area contributed by atoms with Gasteiger partial charge in [-0.2, -0.15) is 0 Å². The van der Waals surface area contributed by atoms with Crippen LogP contribution in [-0.4, -0.2) is 25.1 Å². The number of hydrogen-bond acceptors (Lipinski definition) is 4. The summed E-state index contributed by atoms with van der Waals surface area (Å²) in [5, 5.41) is 12.8. The highest BCUT2D eigenvalue weighted by Gasteiger charge is 2.64. The van der Waals surface area contributed by atoms with Crippen molar-refractivity contribution < 1.29 is 13.6 Å². The van der Waals surface area contributed by atoms with Crippen molar-refractivity contribution >= 4 is 15.7 Å². The Labute approximate surface area is 137 Å². The SMILES string of the molecule is CC1(C)C2CCC1(CS(=O)(=O)NCc1ccccc1)/C(=N/O)C2. The molecule has 5 nitrogen and oxygen atoms in total. The second-order valence-electron chi connectivity index (χ2n) is 7.36. The summed E-state index contributed by atoms with van der Waals surface area (Å²) < 4.78 is 28.0. The number of rotatable bonds is 5. The zero-order chi connectivity index (χ0) is 16.7. The van der Waals surface area contributed by atoms with Crippen molar-refractivity contribution in [3.63, 3.8) is 0 Å². The molecule has 0 aromatic heterocycles. The number of oxime groups is 1. The van der Waals surface area contributed by atoms with Crippen LogP contribution in [0.4, 0.5) is 0 Å². The molecule has 0 amide bonds. The van der Waals surface area contributed by atoms with Crippen LogP contribution in [0.25, 0.3) is 0 Å². The van der Waals surface area contributed by atoms with Gasteiger partial charge in [0.2, 0.25) is 10.0 Å². The lowest BCUT2D eigenvalue weighted by atomic mass is 9.70. The van der Waals surface area contributed by atoms with Crippen molar-refractivity contribution in [3.05, 3.63) is 35.9 Å². The molecule has 2 aliphatic rings. The molecule has 0 spiro atoms. The van der Waals surface area contributed by atoms with Crippen LogP contribution in [0, 0.1) is 16.7 Å². The quantitative estimate of drug-likeness (QED) is 0.641. The molecular weight excluding hydrogens is 312 g/mol. The average Bonchev–Trinajstić information content (AvgIpc) is 2.87. The van der Waals surface area contributed by atoms with Crippen molar-refractivity contribution in [2.24, 2.45) is 21.9 Å². The van der Waals surface area contributed by atoms with Crippen LogP contribution in [0.15, 0.2) is 35.5 Å². The Hall–Kier alpha value is -1.40. The maximum atomic E-state index is 12.6. The predicted molar refractivity (Wildman–Crippen MR) is 89.8 cm³/mol. The first-order valence-electron chi connectivity index (χ1n) is 8.03. The highest BCUT2D eigenvalue weighted by Crippen LogP contribution is 2.64. The first-order chi connectivity index (χ1) is 10.8. The summed E-state index contributed by atoms with van der Waals surface area (Å²) in [6, 6.07) is 9.47. The zero-order valence-electron chi connectivity index (χ0n) is 13.6. The van der Waals surface area contributed by atoms with Gasteiger partial charge in [0.25, 0.3) is 0 Å². The molecule has 3 rings (SSSR count). The summed E-state index contributed by atoms with van der Waals surface area (Å²) >= 11 is 0. The van der Waals surface area contributed by atoms with Crippen LogP contribution in [0.1, 0.15) is 38.7 Å². The second kappa shape index (κ2) is 5.60. The van der Waals surface area contributed by atoms with Gasteiger partial charge in [-0.25, -0.2) is 13.1 Å². The summed E-state index contributed by atoms with van der Waals surface area (Å²) in [6.07, 6.45) is 2.48. The molecule has 0 heterocycles. The molecule has 2 atom stereocenters. The molecule has 1 aromatic carbocycles.